The van der Waals surface area contributed by atoms with Crippen LogP contribution >= 0.6 is 0 Å². The first-order chi connectivity index (χ1) is 11.7. The number of hydrogen-bond donors (Lipinski definition) is 2. The maximum absolute atomic E-state index is 11.3. The summed E-state index contributed by atoms with van der Waals surface area (Å²) in [5.74, 6) is -3.10. The average molecular weight is 359 g/mol. The minimum Gasteiger partial charge on any atom is -0.344 e. The van der Waals surface area contributed by atoms with Crippen molar-refractivity contribution in [3.8, 4) is 5.75 Å². The van der Waals surface area contributed by atoms with Crippen molar-refractivity contribution >= 4 is 28.9 Å². The zero-order valence-electron chi connectivity index (χ0n) is 12.1. The van der Waals surface area contributed by atoms with Gasteiger partial charge in [0.1, 0.15) is 6.54 Å². The molecule has 3 N–H and O–H groups in total. The van der Waals surface area contributed by atoms with Crippen molar-refractivity contribution in [1.29, 1.82) is 0 Å². The molecule has 0 saturated carbocycles. The topological polar surface area (TPSA) is 220 Å². The van der Waals surface area contributed by atoms with E-state index in [1.54, 1.807) is 0 Å². The third kappa shape index (κ3) is 5.06. The summed E-state index contributed by atoms with van der Waals surface area (Å²) in [5, 5.41) is 34.6. The summed E-state index contributed by atoms with van der Waals surface area (Å²) in [5.41, 5.74) is 1.70. The standard InChI is InChI=1S/C10H9N5O10/c11-3-8(16)12-4-9(17)24-25-10-6(14(20)21)1-5(13(18)19)2-7(10)15(22)23/h1-2H,3-4,11H2,(H,12,16). The van der Waals surface area contributed by atoms with Gasteiger partial charge in [-0.15, -0.1) is 0 Å². The molecule has 0 aromatic heterocycles. The van der Waals surface area contributed by atoms with E-state index in [4.69, 9.17) is 5.73 Å². The molecule has 0 aliphatic carbocycles. The van der Waals surface area contributed by atoms with Crippen LogP contribution in [0.3, 0.4) is 0 Å². The molecule has 0 bridgehead atoms. The molecule has 0 heterocycles. The van der Waals surface area contributed by atoms with E-state index in [1.165, 1.54) is 0 Å². The molecule has 0 aliphatic heterocycles. The number of nitrogens with zero attached hydrogens (tertiary/aromatic N) is 3. The summed E-state index contributed by atoms with van der Waals surface area (Å²) in [6, 6.07) is 0.790. The lowest BCUT2D eigenvalue weighted by atomic mass is 10.2. The summed E-state index contributed by atoms with van der Waals surface area (Å²) in [6.07, 6.45) is 0. The Morgan fingerprint density at radius 1 is 1.04 bits per heavy atom. The number of nitrogens with one attached hydrogen (secondary N) is 1. The van der Waals surface area contributed by atoms with Gasteiger partial charge in [0.25, 0.3) is 5.69 Å². The highest BCUT2D eigenvalue weighted by Crippen LogP contribution is 2.40. The van der Waals surface area contributed by atoms with Crippen LogP contribution in [0.1, 0.15) is 0 Å². The van der Waals surface area contributed by atoms with E-state index in [1.807, 2.05) is 5.32 Å². The van der Waals surface area contributed by atoms with Gasteiger partial charge in [0.2, 0.25) is 5.91 Å². The summed E-state index contributed by atoms with van der Waals surface area (Å²) in [7, 11) is 0. The van der Waals surface area contributed by atoms with Gasteiger partial charge in [-0.1, -0.05) is 0 Å². The third-order valence-corrected chi connectivity index (χ3v) is 2.47. The van der Waals surface area contributed by atoms with Gasteiger partial charge in [0, 0.05) is 0 Å². The Morgan fingerprint density at radius 3 is 1.96 bits per heavy atom. The zero-order chi connectivity index (χ0) is 19.1. The number of hydrogen-bond acceptors (Lipinski definition) is 11. The van der Waals surface area contributed by atoms with Crippen LogP contribution in [0.5, 0.6) is 5.75 Å². The van der Waals surface area contributed by atoms with Crippen molar-refractivity contribution in [2.75, 3.05) is 13.1 Å². The van der Waals surface area contributed by atoms with Gasteiger partial charge >= 0.3 is 23.1 Å². The molecule has 0 fully saturated rings. The number of non-ortho nitro benzene ring substituents is 1. The third-order valence-electron chi connectivity index (χ3n) is 2.47. The molecule has 1 amide bonds. The minimum absolute atomic E-state index is 0.395. The average Bonchev–Trinajstić information content (AvgIpc) is 2.56. The Kier molecular flexibility index (Phi) is 6.22. The molecule has 0 unspecified atom stereocenters. The van der Waals surface area contributed by atoms with Crippen molar-refractivity contribution in [2.24, 2.45) is 5.73 Å². The molecule has 1 aromatic carbocycles. The molecule has 134 valence electrons. The van der Waals surface area contributed by atoms with Gasteiger partial charge in [-0.3, -0.25) is 40.0 Å². The van der Waals surface area contributed by atoms with Crippen LogP contribution in [-0.2, 0) is 14.5 Å². The van der Waals surface area contributed by atoms with Crippen molar-refractivity contribution in [3.05, 3.63) is 42.5 Å². The molecule has 1 rings (SSSR count). The predicted octanol–water partition coefficient (Wildman–Crippen LogP) is -0.677. The second-order valence-electron chi connectivity index (χ2n) is 4.10. The predicted molar refractivity (Wildman–Crippen MR) is 75.2 cm³/mol. The molecule has 0 saturated heterocycles. The maximum Gasteiger partial charge on any atom is 0.374 e. The molecule has 0 aliphatic rings. The normalized spacial score (nSPS) is 9.80. The van der Waals surface area contributed by atoms with Crippen LogP contribution in [0, 0.1) is 30.3 Å². The molecule has 15 heteroatoms. The lowest BCUT2D eigenvalue weighted by Gasteiger charge is -2.06. The van der Waals surface area contributed by atoms with E-state index >= 15 is 0 Å². The second-order valence-corrected chi connectivity index (χ2v) is 4.10. The highest BCUT2D eigenvalue weighted by atomic mass is 17.2. The minimum atomic E-state index is -1.26. The number of nitro benzene ring substituents is 3. The first-order valence-electron chi connectivity index (χ1n) is 6.12. The number of benzene rings is 1. The van der Waals surface area contributed by atoms with E-state index in [0.717, 1.165) is 0 Å². The summed E-state index contributed by atoms with van der Waals surface area (Å²) < 4.78 is 0. The van der Waals surface area contributed by atoms with Gasteiger partial charge in [-0.05, 0) is 0 Å². The maximum atomic E-state index is 11.3. The van der Waals surface area contributed by atoms with E-state index < -0.39 is 62.5 Å². The van der Waals surface area contributed by atoms with Crippen molar-refractivity contribution in [3.63, 3.8) is 0 Å². The summed E-state index contributed by atoms with van der Waals surface area (Å²) in [4.78, 5) is 59.7. The highest BCUT2D eigenvalue weighted by Gasteiger charge is 2.34. The van der Waals surface area contributed by atoms with Crippen molar-refractivity contribution in [1.82, 2.24) is 5.32 Å². The van der Waals surface area contributed by atoms with Crippen LogP contribution in [-0.4, -0.2) is 39.7 Å². The Labute approximate surface area is 136 Å². The van der Waals surface area contributed by atoms with Crippen molar-refractivity contribution < 1.29 is 34.1 Å². The number of amides is 1. The number of rotatable bonds is 8. The van der Waals surface area contributed by atoms with Gasteiger partial charge in [0.15, 0.2) is 0 Å². The lowest BCUT2D eigenvalue weighted by Crippen LogP contribution is -2.35. The molecule has 0 radical (unpaired) electrons. The molecule has 0 spiro atoms. The molecule has 25 heavy (non-hydrogen) atoms. The molecular formula is C10H9N5O10. The quantitative estimate of drug-likeness (QED) is 0.336. The highest BCUT2D eigenvalue weighted by molar-refractivity contribution is 5.82. The largest absolute Gasteiger partial charge is 0.374 e. The Balaban J connectivity index is 3.10. The lowest BCUT2D eigenvalue weighted by molar-refractivity contribution is -0.407. The van der Waals surface area contributed by atoms with Gasteiger partial charge in [-0.2, -0.15) is 0 Å². The molecule has 1 aromatic rings. The monoisotopic (exact) mass is 359 g/mol. The van der Waals surface area contributed by atoms with Gasteiger partial charge in [0.05, 0.1) is 33.4 Å². The fourth-order valence-electron chi connectivity index (χ4n) is 1.41. The van der Waals surface area contributed by atoms with Gasteiger partial charge < -0.3 is 11.1 Å². The second kappa shape index (κ2) is 8.11. The smallest absolute Gasteiger partial charge is 0.344 e. The summed E-state index contributed by atoms with van der Waals surface area (Å²) in [6.45, 7) is -1.15. The van der Waals surface area contributed by atoms with Crippen LogP contribution in [0.15, 0.2) is 12.1 Å². The molecule has 15 nitrogen and oxygen atoms in total. The SMILES string of the molecule is NCC(=O)NCC(=O)OOc1c([N+](=O)[O-])cc([N+](=O)[O-])cc1[N+](=O)[O-]. The van der Waals surface area contributed by atoms with E-state index in [-0.39, 0.29) is 0 Å². The summed E-state index contributed by atoms with van der Waals surface area (Å²) >= 11 is 0. The molecular weight excluding hydrogens is 350 g/mol. The number of nitro groups is 3. The van der Waals surface area contributed by atoms with Gasteiger partial charge in [-0.25, -0.2) is 9.68 Å². The Bertz CT molecular complexity index is 713. The number of nitrogens with two attached hydrogens (primary N) is 1. The van der Waals surface area contributed by atoms with E-state index in [9.17, 15) is 39.9 Å². The molecule has 0 atom stereocenters. The Morgan fingerprint density at radius 2 is 1.56 bits per heavy atom. The van der Waals surface area contributed by atoms with Crippen LogP contribution in [0.25, 0.3) is 0 Å². The number of carbonyl (C=O) groups is 2. The first kappa shape index (κ1) is 19.2. The number of carbonyl (C=O) groups excluding carboxylic acids is 2. The van der Waals surface area contributed by atoms with Crippen molar-refractivity contribution in [2.45, 2.75) is 0 Å². The van der Waals surface area contributed by atoms with E-state index in [0.29, 0.717) is 12.1 Å². The van der Waals surface area contributed by atoms with Crippen LogP contribution in [0.4, 0.5) is 17.1 Å². The zero-order valence-corrected chi connectivity index (χ0v) is 12.1. The first-order valence-corrected chi connectivity index (χ1v) is 6.12. The Hall–Kier alpha value is -3.88. The fourth-order valence-corrected chi connectivity index (χ4v) is 1.41. The van der Waals surface area contributed by atoms with E-state index in [2.05, 4.69) is 9.78 Å². The fraction of sp³-hybridized carbons (Fsp3) is 0.200. The van der Waals surface area contributed by atoms with Crippen LogP contribution < -0.4 is 15.9 Å². The van der Waals surface area contributed by atoms with Crippen LogP contribution in [0.2, 0.25) is 0 Å².